The lowest BCUT2D eigenvalue weighted by Gasteiger charge is -2.07. The number of hydrogen-bond donors (Lipinski definition) is 3. The molecule has 0 heterocycles. The van der Waals surface area contributed by atoms with E-state index in [4.69, 9.17) is 16.7 Å². The molecule has 0 aliphatic heterocycles. The minimum atomic E-state index is -1.08. The highest BCUT2D eigenvalue weighted by molar-refractivity contribution is 6.31. The number of carboxylic acids is 1. The van der Waals surface area contributed by atoms with Crippen LogP contribution in [0.15, 0.2) is 18.2 Å². The van der Waals surface area contributed by atoms with E-state index in [1.807, 2.05) is 6.92 Å². The Morgan fingerprint density at radius 1 is 1.33 bits per heavy atom. The topological polar surface area (TPSA) is 78.4 Å². The molecule has 0 atom stereocenters. The standard InChI is InChI=1S/C12H15ClN2O3/c1-2-14-4-3-11(16)15-10-6-8(12(17)18)5-9(13)7-10/h5-7,14H,2-4H2,1H3,(H,15,16)(H,17,18). The zero-order chi connectivity index (χ0) is 13.5. The molecule has 3 N–H and O–H groups in total. The van der Waals surface area contributed by atoms with Crippen molar-refractivity contribution in [3.8, 4) is 0 Å². The molecule has 0 aromatic heterocycles. The molecule has 1 aromatic carbocycles. The highest BCUT2D eigenvalue weighted by Gasteiger charge is 2.08. The zero-order valence-electron chi connectivity index (χ0n) is 10.00. The maximum absolute atomic E-state index is 11.5. The Morgan fingerprint density at radius 2 is 2.06 bits per heavy atom. The van der Waals surface area contributed by atoms with Gasteiger partial charge in [0.05, 0.1) is 5.56 Å². The maximum Gasteiger partial charge on any atom is 0.335 e. The number of amides is 1. The molecule has 1 rings (SSSR count). The molecule has 0 bridgehead atoms. The van der Waals surface area contributed by atoms with Gasteiger partial charge in [-0.25, -0.2) is 4.79 Å². The quantitative estimate of drug-likeness (QED) is 0.691. The molecule has 1 aromatic rings. The first kappa shape index (κ1) is 14.5. The molecule has 0 spiro atoms. The van der Waals surface area contributed by atoms with Crippen molar-refractivity contribution >= 4 is 29.2 Å². The fourth-order valence-electron chi connectivity index (χ4n) is 1.39. The van der Waals surface area contributed by atoms with E-state index in [1.165, 1.54) is 18.2 Å². The van der Waals surface area contributed by atoms with Crippen LogP contribution in [0.25, 0.3) is 0 Å². The first-order valence-electron chi connectivity index (χ1n) is 5.57. The molecule has 6 heteroatoms. The third kappa shape index (κ3) is 4.73. The number of rotatable bonds is 6. The van der Waals surface area contributed by atoms with Gasteiger partial charge in [0.15, 0.2) is 0 Å². The summed E-state index contributed by atoms with van der Waals surface area (Å²) >= 11 is 5.78. The first-order chi connectivity index (χ1) is 8.52. The lowest BCUT2D eigenvalue weighted by Crippen LogP contribution is -2.21. The highest BCUT2D eigenvalue weighted by atomic mass is 35.5. The van der Waals surface area contributed by atoms with Crippen LogP contribution in [-0.4, -0.2) is 30.1 Å². The molecule has 98 valence electrons. The molecule has 0 unspecified atom stereocenters. The summed E-state index contributed by atoms with van der Waals surface area (Å²) in [6.45, 7) is 3.33. The van der Waals surface area contributed by atoms with Gasteiger partial charge in [-0.2, -0.15) is 0 Å². The van der Waals surface area contributed by atoms with Crippen LogP contribution in [0.3, 0.4) is 0 Å². The number of aromatic carboxylic acids is 1. The lowest BCUT2D eigenvalue weighted by molar-refractivity contribution is -0.116. The normalized spacial score (nSPS) is 10.1. The molecule has 0 saturated heterocycles. The van der Waals surface area contributed by atoms with E-state index >= 15 is 0 Å². The number of anilines is 1. The van der Waals surface area contributed by atoms with Crippen LogP contribution >= 0.6 is 11.6 Å². The Labute approximate surface area is 110 Å². The number of hydrogen-bond acceptors (Lipinski definition) is 3. The van der Waals surface area contributed by atoms with E-state index in [9.17, 15) is 9.59 Å². The highest BCUT2D eigenvalue weighted by Crippen LogP contribution is 2.19. The minimum Gasteiger partial charge on any atom is -0.478 e. The van der Waals surface area contributed by atoms with Crippen LogP contribution in [-0.2, 0) is 4.79 Å². The first-order valence-corrected chi connectivity index (χ1v) is 5.95. The maximum atomic E-state index is 11.5. The van der Waals surface area contributed by atoms with Gasteiger partial charge in [-0.1, -0.05) is 18.5 Å². The Hall–Kier alpha value is -1.59. The van der Waals surface area contributed by atoms with Crippen LogP contribution < -0.4 is 10.6 Å². The van der Waals surface area contributed by atoms with Gasteiger partial charge in [0.25, 0.3) is 0 Å². The van der Waals surface area contributed by atoms with E-state index in [2.05, 4.69) is 10.6 Å². The van der Waals surface area contributed by atoms with Crippen molar-refractivity contribution in [2.75, 3.05) is 18.4 Å². The summed E-state index contributed by atoms with van der Waals surface area (Å²) in [5, 5.41) is 14.8. The Kier molecular flexibility index (Phi) is 5.61. The van der Waals surface area contributed by atoms with Gasteiger partial charge in [-0.3, -0.25) is 4.79 Å². The average Bonchev–Trinajstić information content (AvgIpc) is 2.28. The summed E-state index contributed by atoms with van der Waals surface area (Å²) in [7, 11) is 0. The van der Waals surface area contributed by atoms with Gasteiger partial charge < -0.3 is 15.7 Å². The van der Waals surface area contributed by atoms with Crippen molar-refractivity contribution in [3.05, 3.63) is 28.8 Å². The SMILES string of the molecule is CCNCCC(=O)Nc1cc(Cl)cc(C(=O)O)c1. The zero-order valence-corrected chi connectivity index (χ0v) is 10.8. The molecule has 18 heavy (non-hydrogen) atoms. The second-order valence-corrected chi connectivity index (χ2v) is 4.12. The molecular weight excluding hydrogens is 256 g/mol. The van der Waals surface area contributed by atoms with Crippen molar-refractivity contribution in [3.63, 3.8) is 0 Å². The number of carbonyl (C=O) groups excluding carboxylic acids is 1. The Balaban J connectivity index is 2.66. The van der Waals surface area contributed by atoms with Crippen molar-refractivity contribution in [1.82, 2.24) is 5.32 Å². The summed E-state index contributed by atoms with van der Waals surface area (Å²) in [5.74, 6) is -1.27. The largest absolute Gasteiger partial charge is 0.478 e. The van der Waals surface area contributed by atoms with Gasteiger partial charge in [0.1, 0.15) is 0 Å². The Bertz CT molecular complexity index is 449. The molecular formula is C12H15ClN2O3. The number of carboxylic acid groups (broad SMARTS) is 1. The number of nitrogens with one attached hydrogen (secondary N) is 2. The molecule has 0 radical (unpaired) electrons. The van der Waals surface area contributed by atoms with E-state index < -0.39 is 5.97 Å². The third-order valence-electron chi connectivity index (χ3n) is 2.21. The fraction of sp³-hybridized carbons (Fsp3) is 0.333. The third-order valence-corrected chi connectivity index (χ3v) is 2.43. The summed E-state index contributed by atoms with van der Waals surface area (Å²) in [5.41, 5.74) is 0.436. The molecule has 5 nitrogen and oxygen atoms in total. The van der Waals surface area contributed by atoms with E-state index in [0.717, 1.165) is 6.54 Å². The smallest absolute Gasteiger partial charge is 0.335 e. The molecule has 0 aliphatic carbocycles. The predicted octanol–water partition coefficient (Wildman–Crippen LogP) is 1.98. The van der Waals surface area contributed by atoms with Crippen LogP contribution in [0, 0.1) is 0 Å². The Morgan fingerprint density at radius 3 is 2.67 bits per heavy atom. The monoisotopic (exact) mass is 270 g/mol. The van der Waals surface area contributed by atoms with Crippen molar-refractivity contribution in [1.29, 1.82) is 0 Å². The van der Waals surface area contributed by atoms with Crippen LogP contribution in [0.5, 0.6) is 0 Å². The number of benzene rings is 1. The van der Waals surface area contributed by atoms with Crippen molar-refractivity contribution in [2.45, 2.75) is 13.3 Å². The average molecular weight is 271 g/mol. The predicted molar refractivity (Wildman–Crippen MR) is 70.2 cm³/mol. The molecule has 0 aliphatic rings. The van der Waals surface area contributed by atoms with Gasteiger partial charge >= 0.3 is 5.97 Å². The second-order valence-electron chi connectivity index (χ2n) is 3.69. The lowest BCUT2D eigenvalue weighted by atomic mass is 10.2. The van der Waals surface area contributed by atoms with Gasteiger partial charge in [-0.15, -0.1) is 0 Å². The van der Waals surface area contributed by atoms with Crippen LogP contribution in [0.2, 0.25) is 5.02 Å². The van der Waals surface area contributed by atoms with Gasteiger partial charge in [0.2, 0.25) is 5.91 Å². The number of carbonyl (C=O) groups is 2. The molecule has 0 fully saturated rings. The van der Waals surface area contributed by atoms with E-state index in [-0.39, 0.29) is 16.5 Å². The van der Waals surface area contributed by atoms with Crippen LogP contribution in [0.4, 0.5) is 5.69 Å². The molecule has 0 saturated carbocycles. The van der Waals surface area contributed by atoms with Gasteiger partial charge in [0, 0.05) is 23.7 Å². The number of halogens is 1. The van der Waals surface area contributed by atoms with Gasteiger partial charge in [-0.05, 0) is 24.7 Å². The fourth-order valence-corrected chi connectivity index (χ4v) is 1.62. The van der Waals surface area contributed by atoms with E-state index in [0.29, 0.717) is 18.7 Å². The summed E-state index contributed by atoms with van der Waals surface area (Å²) < 4.78 is 0. The summed E-state index contributed by atoms with van der Waals surface area (Å²) in [6.07, 6.45) is 0.322. The summed E-state index contributed by atoms with van der Waals surface area (Å²) in [6, 6.07) is 4.22. The van der Waals surface area contributed by atoms with Crippen LogP contribution in [0.1, 0.15) is 23.7 Å². The van der Waals surface area contributed by atoms with Crippen molar-refractivity contribution in [2.24, 2.45) is 0 Å². The van der Waals surface area contributed by atoms with E-state index in [1.54, 1.807) is 0 Å². The minimum absolute atomic E-state index is 0.0458. The second kappa shape index (κ2) is 6.98. The summed E-state index contributed by atoms with van der Waals surface area (Å²) in [4.78, 5) is 22.4. The molecule has 1 amide bonds. The van der Waals surface area contributed by atoms with Crippen molar-refractivity contribution < 1.29 is 14.7 Å².